The molecule has 1 saturated carbocycles. The maximum absolute atomic E-state index is 12.9. The lowest BCUT2D eigenvalue weighted by Crippen LogP contribution is -2.50. The number of benzene rings is 1. The van der Waals surface area contributed by atoms with Crippen molar-refractivity contribution in [2.75, 3.05) is 13.1 Å². The number of likely N-dealkylation sites (tertiary alicyclic amines) is 1. The van der Waals surface area contributed by atoms with Crippen molar-refractivity contribution < 1.29 is 4.79 Å². The molecule has 4 rings (SSSR count). The van der Waals surface area contributed by atoms with E-state index in [2.05, 4.69) is 15.5 Å². The van der Waals surface area contributed by atoms with E-state index in [0.717, 1.165) is 50.2 Å². The van der Waals surface area contributed by atoms with E-state index in [4.69, 9.17) is 11.6 Å². The number of halogens is 1. The number of aryl methyl sites for hydroxylation is 1. The zero-order chi connectivity index (χ0) is 21.8. The minimum Gasteiger partial charge on any atom is -0.335 e. The third kappa shape index (κ3) is 5.52. The van der Waals surface area contributed by atoms with Crippen LogP contribution in [0, 0.1) is 6.92 Å². The van der Waals surface area contributed by atoms with E-state index in [0.29, 0.717) is 17.7 Å². The van der Waals surface area contributed by atoms with Gasteiger partial charge < -0.3 is 10.6 Å². The highest BCUT2D eigenvalue weighted by Gasteiger charge is 2.23. The summed E-state index contributed by atoms with van der Waals surface area (Å²) in [6.45, 7) is 4.20. The van der Waals surface area contributed by atoms with Crippen LogP contribution in [0.3, 0.4) is 0 Å². The Morgan fingerprint density at radius 2 is 1.61 bits per heavy atom. The summed E-state index contributed by atoms with van der Waals surface area (Å²) < 4.78 is 3.47. The molecule has 8 heteroatoms. The number of nitrogens with one attached hydrogen (secondary N) is 2. The third-order valence-electron chi connectivity index (χ3n) is 6.43. The number of aromatic nitrogens is 2. The highest BCUT2D eigenvalue weighted by Crippen LogP contribution is 2.18. The molecule has 2 aromatic rings. The standard InChI is InChI=1S/C23H32ClN5O2/c1-17-15-28(23(31)29(17)21-9-7-18(24)8-10-21)16-27-13-11-20(12-14-27)26-22(30)25-19-5-3-2-4-6-19/h7-10,15,19-20H,2-6,11-14,16H2,1H3,(H2,25,26,30). The van der Waals surface area contributed by atoms with Crippen LogP contribution in [0.25, 0.3) is 5.69 Å². The zero-order valence-electron chi connectivity index (χ0n) is 18.1. The maximum Gasteiger partial charge on any atom is 0.334 e. The molecule has 0 unspecified atom stereocenters. The molecule has 0 spiro atoms. The Balaban J connectivity index is 1.29. The Labute approximate surface area is 188 Å². The summed E-state index contributed by atoms with van der Waals surface area (Å²) in [6.07, 6.45) is 9.57. The molecule has 1 aliphatic heterocycles. The summed E-state index contributed by atoms with van der Waals surface area (Å²) in [5.41, 5.74) is 1.66. The van der Waals surface area contributed by atoms with Crippen molar-refractivity contribution in [2.45, 2.75) is 70.6 Å². The fourth-order valence-electron chi connectivity index (χ4n) is 4.72. The lowest BCUT2D eigenvalue weighted by molar-refractivity contribution is 0.156. The molecule has 1 saturated heterocycles. The van der Waals surface area contributed by atoms with Gasteiger partial charge in [-0.05, 0) is 56.9 Å². The van der Waals surface area contributed by atoms with Crippen LogP contribution in [-0.4, -0.2) is 45.2 Å². The first-order chi connectivity index (χ1) is 15.0. The number of hydrogen-bond acceptors (Lipinski definition) is 3. The van der Waals surface area contributed by atoms with Gasteiger partial charge in [-0.2, -0.15) is 0 Å². The Hall–Kier alpha value is -2.25. The second kappa shape index (κ2) is 9.92. The molecule has 168 valence electrons. The second-order valence-electron chi connectivity index (χ2n) is 8.82. The van der Waals surface area contributed by atoms with Gasteiger partial charge in [-0.15, -0.1) is 0 Å². The van der Waals surface area contributed by atoms with Gasteiger partial charge >= 0.3 is 11.7 Å². The number of hydrogen-bond donors (Lipinski definition) is 2. The van der Waals surface area contributed by atoms with Gasteiger partial charge in [-0.3, -0.25) is 14.0 Å². The Bertz CT molecular complexity index is 938. The predicted molar refractivity (Wildman–Crippen MR) is 123 cm³/mol. The quantitative estimate of drug-likeness (QED) is 0.737. The number of piperidine rings is 1. The van der Waals surface area contributed by atoms with Crippen LogP contribution in [0.2, 0.25) is 5.02 Å². The average Bonchev–Trinajstić information content (AvgIpc) is 3.04. The molecule has 2 fully saturated rings. The molecule has 2 amide bonds. The van der Waals surface area contributed by atoms with Gasteiger partial charge in [-0.25, -0.2) is 9.59 Å². The number of imidazole rings is 1. The van der Waals surface area contributed by atoms with E-state index in [1.54, 1.807) is 21.3 Å². The van der Waals surface area contributed by atoms with E-state index < -0.39 is 0 Å². The lowest BCUT2D eigenvalue weighted by Gasteiger charge is -2.32. The summed E-state index contributed by atoms with van der Waals surface area (Å²) in [4.78, 5) is 27.5. The van der Waals surface area contributed by atoms with Crippen molar-refractivity contribution in [3.05, 3.63) is 51.7 Å². The van der Waals surface area contributed by atoms with E-state index in [1.807, 2.05) is 25.3 Å². The molecule has 1 aliphatic carbocycles. The molecule has 0 bridgehead atoms. The fraction of sp³-hybridized carbons (Fsp3) is 0.565. The Morgan fingerprint density at radius 1 is 1.00 bits per heavy atom. The van der Waals surface area contributed by atoms with Crippen molar-refractivity contribution in [1.82, 2.24) is 24.7 Å². The smallest absolute Gasteiger partial charge is 0.334 e. The van der Waals surface area contributed by atoms with Gasteiger partial charge in [0.2, 0.25) is 0 Å². The van der Waals surface area contributed by atoms with Crippen molar-refractivity contribution in [1.29, 1.82) is 0 Å². The highest BCUT2D eigenvalue weighted by atomic mass is 35.5. The molecule has 0 radical (unpaired) electrons. The van der Waals surface area contributed by atoms with Crippen molar-refractivity contribution >= 4 is 17.6 Å². The zero-order valence-corrected chi connectivity index (χ0v) is 18.9. The number of amides is 2. The molecular formula is C23H32ClN5O2. The Kier molecular flexibility index (Phi) is 7.02. The predicted octanol–water partition coefficient (Wildman–Crippen LogP) is 3.65. The molecule has 1 aromatic carbocycles. The molecule has 2 aliphatic rings. The minimum absolute atomic E-state index is 0.0303. The number of urea groups is 1. The van der Waals surface area contributed by atoms with Crippen LogP contribution in [0.5, 0.6) is 0 Å². The normalized spacial score (nSPS) is 18.8. The first kappa shape index (κ1) is 22.0. The first-order valence-corrected chi connectivity index (χ1v) is 11.7. The average molecular weight is 446 g/mol. The molecule has 2 N–H and O–H groups in total. The van der Waals surface area contributed by atoms with Crippen LogP contribution in [0.1, 0.15) is 50.6 Å². The van der Waals surface area contributed by atoms with E-state index >= 15 is 0 Å². The van der Waals surface area contributed by atoms with Crippen molar-refractivity contribution in [3.8, 4) is 5.69 Å². The van der Waals surface area contributed by atoms with Crippen LogP contribution in [0.4, 0.5) is 4.79 Å². The van der Waals surface area contributed by atoms with Crippen molar-refractivity contribution in [2.24, 2.45) is 0 Å². The summed E-state index contributed by atoms with van der Waals surface area (Å²) >= 11 is 5.98. The van der Waals surface area contributed by atoms with E-state index in [9.17, 15) is 9.59 Å². The van der Waals surface area contributed by atoms with Gasteiger partial charge in [0.1, 0.15) is 0 Å². The SMILES string of the molecule is Cc1cn(CN2CCC(NC(=O)NC3CCCCC3)CC2)c(=O)n1-c1ccc(Cl)cc1. The molecular weight excluding hydrogens is 414 g/mol. The Morgan fingerprint density at radius 3 is 2.26 bits per heavy atom. The molecule has 31 heavy (non-hydrogen) atoms. The number of rotatable bonds is 5. The molecule has 2 heterocycles. The minimum atomic E-state index is -0.0491. The number of carbonyl (C=O) groups is 1. The number of carbonyl (C=O) groups excluding carboxylic acids is 1. The first-order valence-electron chi connectivity index (χ1n) is 11.3. The van der Waals surface area contributed by atoms with Crippen molar-refractivity contribution in [3.63, 3.8) is 0 Å². The number of nitrogens with zero attached hydrogens (tertiary/aromatic N) is 3. The fourth-order valence-corrected chi connectivity index (χ4v) is 4.84. The van der Waals surface area contributed by atoms with Gasteiger partial charge in [0, 0.05) is 42.1 Å². The third-order valence-corrected chi connectivity index (χ3v) is 6.68. The van der Waals surface area contributed by atoms with Crippen LogP contribution in [-0.2, 0) is 6.67 Å². The van der Waals surface area contributed by atoms with Gasteiger partial charge in [-0.1, -0.05) is 30.9 Å². The van der Waals surface area contributed by atoms with Crippen LogP contribution < -0.4 is 16.3 Å². The van der Waals surface area contributed by atoms with Gasteiger partial charge in [0.15, 0.2) is 0 Å². The summed E-state index contributed by atoms with van der Waals surface area (Å²) in [5.74, 6) is 0. The summed E-state index contributed by atoms with van der Waals surface area (Å²) in [6, 6.07) is 7.79. The van der Waals surface area contributed by atoms with Gasteiger partial charge in [0.25, 0.3) is 0 Å². The van der Waals surface area contributed by atoms with Crippen LogP contribution >= 0.6 is 11.6 Å². The summed E-state index contributed by atoms with van der Waals surface area (Å²) in [7, 11) is 0. The molecule has 1 aromatic heterocycles. The maximum atomic E-state index is 12.9. The monoisotopic (exact) mass is 445 g/mol. The second-order valence-corrected chi connectivity index (χ2v) is 9.26. The van der Waals surface area contributed by atoms with E-state index in [1.165, 1.54) is 19.3 Å². The topological polar surface area (TPSA) is 71.3 Å². The molecule has 0 atom stereocenters. The highest BCUT2D eigenvalue weighted by molar-refractivity contribution is 6.30. The summed E-state index contributed by atoms with van der Waals surface area (Å²) in [5, 5.41) is 6.92. The lowest BCUT2D eigenvalue weighted by atomic mass is 9.96. The molecule has 7 nitrogen and oxygen atoms in total. The van der Waals surface area contributed by atoms with Gasteiger partial charge in [0.05, 0.1) is 12.4 Å². The van der Waals surface area contributed by atoms with E-state index in [-0.39, 0.29) is 17.8 Å². The largest absolute Gasteiger partial charge is 0.335 e. The van der Waals surface area contributed by atoms with Crippen LogP contribution in [0.15, 0.2) is 35.3 Å².